The standard InChI is InChI=1S/C18H23Cl2N5/c1-2-3-8-22-17-13-11-25(9-7-16(13)23-18(21)24-17)10-12-14(19)5-4-6-15(12)20/h4-6H,2-3,7-11H2,1H3,(H3,21,22,23,24). The summed E-state index contributed by atoms with van der Waals surface area (Å²) in [4.78, 5) is 11.2. The van der Waals surface area contributed by atoms with Crippen molar-refractivity contribution in [3.8, 4) is 0 Å². The normalized spacial score (nSPS) is 14.4. The third-order valence-electron chi connectivity index (χ3n) is 4.42. The van der Waals surface area contributed by atoms with E-state index in [-0.39, 0.29) is 0 Å². The molecule has 1 aliphatic rings. The molecule has 2 heterocycles. The zero-order chi connectivity index (χ0) is 17.8. The van der Waals surface area contributed by atoms with E-state index in [1.807, 2.05) is 18.2 Å². The van der Waals surface area contributed by atoms with Gasteiger partial charge in [0.1, 0.15) is 5.82 Å². The Morgan fingerprint density at radius 1 is 1.24 bits per heavy atom. The quantitative estimate of drug-likeness (QED) is 0.738. The van der Waals surface area contributed by atoms with E-state index >= 15 is 0 Å². The highest BCUT2D eigenvalue weighted by atomic mass is 35.5. The van der Waals surface area contributed by atoms with Crippen LogP contribution >= 0.6 is 23.2 Å². The number of nitrogens with two attached hydrogens (primary N) is 1. The van der Waals surface area contributed by atoms with Gasteiger partial charge < -0.3 is 11.1 Å². The average molecular weight is 380 g/mol. The number of unbranched alkanes of at least 4 members (excludes halogenated alkanes) is 1. The molecule has 2 aromatic rings. The van der Waals surface area contributed by atoms with Crippen LogP contribution in [-0.2, 0) is 19.5 Å². The lowest BCUT2D eigenvalue weighted by Gasteiger charge is -2.30. The molecule has 0 unspecified atom stereocenters. The first-order chi connectivity index (χ1) is 12.1. The summed E-state index contributed by atoms with van der Waals surface area (Å²) >= 11 is 12.6. The minimum absolute atomic E-state index is 0.334. The van der Waals surface area contributed by atoms with Crippen LogP contribution < -0.4 is 11.1 Å². The van der Waals surface area contributed by atoms with Crippen molar-refractivity contribution in [3.05, 3.63) is 45.1 Å². The molecule has 0 spiro atoms. The average Bonchev–Trinajstić information content (AvgIpc) is 2.58. The molecule has 1 aromatic carbocycles. The topological polar surface area (TPSA) is 67.1 Å². The van der Waals surface area contributed by atoms with Crippen LogP contribution in [0.2, 0.25) is 10.0 Å². The smallest absolute Gasteiger partial charge is 0.222 e. The lowest BCUT2D eigenvalue weighted by atomic mass is 10.0. The number of nitrogens with one attached hydrogen (secondary N) is 1. The molecule has 5 nitrogen and oxygen atoms in total. The number of halogens is 2. The Hall–Kier alpha value is -1.56. The minimum Gasteiger partial charge on any atom is -0.370 e. The summed E-state index contributed by atoms with van der Waals surface area (Å²) in [5.74, 6) is 1.19. The van der Waals surface area contributed by atoms with Crippen molar-refractivity contribution in [1.82, 2.24) is 14.9 Å². The van der Waals surface area contributed by atoms with Crippen LogP contribution in [0.25, 0.3) is 0 Å². The zero-order valence-electron chi connectivity index (χ0n) is 14.4. The van der Waals surface area contributed by atoms with Crippen LogP contribution in [0.5, 0.6) is 0 Å². The van der Waals surface area contributed by atoms with Crippen LogP contribution in [0.1, 0.15) is 36.6 Å². The molecule has 7 heteroatoms. The molecule has 0 saturated carbocycles. The van der Waals surface area contributed by atoms with Crippen molar-refractivity contribution < 1.29 is 0 Å². The molecule has 1 aliphatic heterocycles. The fraction of sp³-hybridized carbons (Fsp3) is 0.444. The van der Waals surface area contributed by atoms with Crippen LogP contribution in [0, 0.1) is 0 Å². The van der Waals surface area contributed by atoms with Gasteiger partial charge >= 0.3 is 0 Å². The largest absolute Gasteiger partial charge is 0.370 e. The van der Waals surface area contributed by atoms with Crippen molar-refractivity contribution in [2.24, 2.45) is 0 Å². The molecule has 0 radical (unpaired) electrons. The lowest BCUT2D eigenvalue weighted by molar-refractivity contribution is 0.243. The maximum Gasteiger partial charge on any atom is 0.222 e. The Morgan fingerprint density at radius 3 is 2.72 bits per heavy atom. The molecule has 0 bridgehead atoms. The number of hydrogen-bond donors (Lipinski definition) is 2. The van der Waals surface area contributed by atoms with E-state index in [9.17, 15) is 0 Å². The van der Waals surface area contributed by atoms with E-state index in [2.05, 4.69) is 27.1 Å². The van der Waals surface area contributed by atoms with Crippen molar-refractivity contribution in [3.63, 3.8) is 0 Å². The number of hydrogen-bond acceptors (Lipinski definition) is 5. The van der Waals surface area contributed by atoms with Gasteiger partial charge in [0.25, 0.3) is 0 Å². The second kappa shape index (κ2) is 8.21. The third kappa shape index (κ3) is 4.35. The highest BCUT2D eigenvalue weighted by Gasteiger charge is 2.23. The predicted octanol–water partition coefficient (Wildman–Crippen LogP) is 4.14. The predicted molar refractivity (Wildman–Crippen MR) is 104 cm³/mol. The van der Waals surface area contributed by atoms with Crippen LogP contribution in [-0.4, -0.2) is 28.0 Å². The Balaban J connectivity index is 1.80. The van der Waals surface area contributed by atoms with Gasteiger partial charge in [-0.2, -0.15) is 4.98 Å². The second-order valence-corrected chi connectivity index (χ2v) is 7.11. The molecule has 0 saturated heterocycles. The summed E-state index contributed by atoms with van der Waals surface area (Å²) in [6.45, 7) is 5.40. The molecule has 134 valence electrons. The SMILES string of the molecule is CCCCNc1nc(N)nc2c1CN(Cc1c(Cl)cccc1Cl)CC2. The van der Waals surface area contributed by atoms with E-state index in [1.54, 1.807) is 0 Å². The number of benzene rings is 1. The molecule has 1 aromatic heterocycles. The first-order valence-electron chi connectivity index (χ1n) is 8.63. The monoisotopic (exact) mass is 379 g/mol. The van der Waals surface area contributed by atoms with Gasteiger partial charge in [0.05, 0.1) is 5.69 Å². The van der Waals surface area contributed by atoms with Crippen molar-refractivity contribution >= 4 is 35.0 Å². The summed E-state index contributed by atoms with van der Waals surface area (Å²) in [7, 11) is 0. The minimum atomic E-state index is 0.334. The van der Waals surface area contributed by atoms with E-state index in [0.29, 0.717) is 22.5 Å². The number of nitrogen functional groups attached to an aromatic ring is 1. The second-order valence-electron chi connectivity index (χ2n) is 6.30. The van der Waals surface area contributed by atoms with Gasteiger partial charge in [-0.15, -0.1) is 0 Å². The molecule has 0 atom stereocenters. The molecule has 0 amide bonds. The van der Waals surface area contributed by atoms with Gasteiger partial charge in [-0.3, -0.25) is 4.90 Å². The number of rotatable bonds is 6. The van der Waals surface area contributed by atoms with Gasteiger partial charge in [-0.25, -0.2) is 4.98 Å². The molecular weight excluding hydrogens is 357 g/mol. The van der Waals surface area contributed by atoms with Gasteiger partial charge in [-0.05, 0) is 18.6 Å². The molecule has 3 rings (SSSR count). The first-order valence-corrected chi connectivity index (χ1v) is 9.38. The number of anilines is 2. The van der Waals surface area contributed by atoms with Crippen LogP contribution in [0.4, 0.5) is 11.8 Å². The fourth-order valence-electron chi connectivity index (χ4n) is 3.06. The van der Waals surface area contributed by atoms with Crippen LogP contribution in [0.15, 0.2) is 18.2 Å². The van der Waals surface area contributed by atoms with Crippen molar-refractivity contribution in [2.75, 3.05) is 24.1 Å². The van der Waals surface area contributed by atoms with E-state index in [4.69, 9.17) is 28.9 Å². The number of aromatic nitrogens is 2. The maximum atomic E-state index is 6.32. The number of fused-ring (bicyclic) bond motifs is 1. The molecule has 0 aliphatic carbocycles. The van der Waals surface area contributed by atoms with Gasteiger partial charge in [0, 0.05) is 53.8 Å². The van der Waals surface area contributed by atoms with E-state index < -0.39 is 0 Å². The van der Waals surface area contributed by atoms with Gasteiger partial charge in [-0.1, -0.05) is 42.6 Å². The van der Waals surface area contributed by atoms with Crippen LogP contribution in [0.3, 0.4) is 0 Å². The Bertz CT molecular complexity index is 730. The van der Waals surface area contributed by atoms with Gasteiger partial charge in [0.2, 0.25) is 5.95 Å². The molecule has 3 N–H and O–H groups in total. The Kier molecular flexibility index (Phi) is 5.99. The summed E-state index contributed by atoms with van der Waals surface area (Å²) in [5.41, 5.74) is 9.00. The zero-order valence-corrected chi connectivity index (χ0v) is 15.9. The molecular formula is C18H23Cl2N5. The highest BCUT2D eigenvalue weighted by molar-refractivity contribution is 6.35. The maximum absolute atomic E-state index is 6.32. The van der Waals surface area contributed by atoms with E-state index in [1.165, 1.54) is 0 Å². The molecule has 0 fully saturated rings. The van der Waals surface area contributed by atoms with E-state index in [0.717, 1.165) is 61.5 Å². The summed E-state index contributed by atoms with van der Waals surface area (Å²) in [5, 5.41) is 4.82. The molecule has 25 heavy (non-hydrogen) atoms. The first kappa shape index (κ1) is 18.2. The highest BCUT2D eigenvalue weighted by Crippen LogP contribution is 2.29. The summed E-state index contributed by atoms with van der Waals surface area (Å²) < 4.78 is 0. The Labute approximate surface area is 158 Å². The van der Waals surface area contributed by atoms with Crippen molar-refractivity contribution in [1.29, 1.82) is 0 Å². The fourth-order valence-corrected chi connectivity index (χ4v) is 3.58. The summed E-state index contributed by atoms with van der Waals surface area (Å²) in [6, 6.07) is 5.62. The third-order valence-corrected chi connectivity index (χ3v) is 5.13. The summed E-state index contributed by atoms with van der Waals surface area (Å²) in [6.07, 6.45) is 3.07. The van der Waals surface area contributed by atoms with Gasteiger partial charge in [0.15, 0.2) is 0 Å². The Morgan fingerprint density at radius 2 is 2.00 bits per heavy atom. The number of nitrogens with zero attached hydrogens (tertiary/aromatic N) is 3. The lowest BCUT2D eigenvalue weighted by Crippen LogP contribution is -2.32. The van der Waals surface area contributed by atoms with Crippen molar-refractivity contribution in [2.45, 2.75) is 39.3 Å².